The van der Waals surface area contributed by atoms with E-state index in [1.54, 1.807) is 13.0 Å². The van der Waals surface area contributed by atoms with Crippen LogP contribution in [0.3, 0.4) is 0 Å². The molecule has 2 rings (SSSR count). The summed E-state index contributed by atoms with van der Waals surface area (Å²) in [5.74, 6) is 0.386. The van der Waals surface area contributed by atoms with Crippen molar-refractivity contribution in [3.05, 3.63) is 39.4 Å². The first-order valence-corrected chi connectivity index (χ1v) is 11.2. The van der Waals surface area contributed by atoms with E-state index in [9.17, 15) is 4.79 Å². The molecule has 0 aliphatic rings. The topological polar surface area (TPSA) is 89.6 Å². The van der Waals surface area contributed by atoms with Gasteiger partial charge in [0.1, 0.15) is 10.6 Å². The van der Waals surface area contributed by atoms with Gasteiger partial charge in [0.2, 0.25) is 0 Å². The van der Waals surface area contributed by atoms with E-state index in [2.05, 4.69) is 22.4 Å². The maximum Gasteiger partial charge on any atom is 0.283 e. The second-order valence-corrected chi connectivity index (χ2v) is 8.26. The Bertz CT molecular complexity index is 823. The third-order valence-electron chi connectivity index (χ3n) is 4.38. The minimum absolute atomic E-state index is 0.348. The van der Waals surface area contributed by atoms with Crippen LogP contribution < -0.4 is 15.9 Å². The van der Waals surface area contributed by atoms with E-state index in [0.29, 0.717) is 32.9 Å². The molecule has 2 aromatic rings. The van der Waals surface area contributed by atoms with Gasteiger partial charge in [0, 0.05) is 5.56 Å². The molecule has 0 fully saturated rings. The standard InChI is InChI=1S/C21H29ClN4O2S/c1-3-4-5-6-7-8-9-12-28-17-11-10-16(18(22)13-17)14-24-26-20(27)19-15(2)25-21(23)29-19/h10-11,13-14H,3-9,12H2,1-2H3,(H2,23,25)(H,26,27)/b24-14-. The van der Waals surface area contributed by atoms with Crippen molar-refractivity contribution < 1.29 is 9.53 Å². The van der Waals surface area contributed by atoms with E-state index in [-0.39, 0.29) is 5.91 Å². The van der Waals surface area contributed by atoms with E-state index in [4.69, 9.17) is 22.1 Å². The number of thiazole rings is 1. The molecule has 0 atom stereocenters. The lowest BCUT2D eigenvalue weighted by molar-refractivity contribution is 0.0958. The minimum atomic E-state index is -0.348. The number of ether oxygens (including phenoxy) is 1. The van der Waals surface area contributed by atoms with E-state index < -0.39 is 0 Å². The second-order valence-electron chi connectivity index (χ2n) is 6.82. The summed E-state index contributed by atoms with van der Waals surface area (Å²) < 4.78 is 5.77. The summed E-state index contributed by atoms with van der Waals surface area (Å²) in [5, 5.41) is 4.83. The highest BCUT2D eigenvalue weighted by atomic mass is 35.5. The average Bonchev–Trinajstić information content (AvgIpc) is 3.03. The van der Waals surface area contributed by atoms with Gasteiger partial charge in [-0.3, -0.25) is 4.79 Å². The number of amides is 1. The highest BCUT2D eigenvalue weighted by molar-refractivity contribution is 7.17. The number of hydrogen-bond acceptors (Lipinski definition) is 6. The van der Waals surface area contributed by atoms with Crippen molar-refractivity contribution in [2.24, 2.45) is 5.10 Å². The minimum Gasteiger partial charge on any atom is -0.494 e. The van der Waals surface area contributed by atoms with Crippen molar-refractivity contribution in [3.8, 4) is 5.75 Å². The Hall–Kier alpha value is -2.12. The normalized spacial score (nSPS) is 11.1. The van der Waals surface area contributed by atoms with Crippen LogP contribution in [0, 0.1) is 6.92 Å². The molecule has 1 amide bonds. The Morgan fingerprint density at radius 1 is 1.28 bits per heavy atom. The fourth-order valence-electron chi connectivity index (χ4n) is 2.79. The number of benzene rings is 1. The van der Waals surface area contributed by atoms with Crippen LogP contribution in [0.15, 0.2) is 23.3 Å². The number of nitrogen functional groups attached to an aromatic ring is 1. The van der Waals surface area contributed by atoms with Crippen molar-refractivity contribution in [1.82, 2.24) is 10.4 Å². The lowest BCUT2D eigenvalue weighted by Gasteiger charge is -2.07. The summed E-state index contributed by atoms with van der Waals surface area (Å²) in [5.41, 5.74) is 9.35. The first kappa shape index (κ1) is 23.2. The molecule has 0 radical (unpaired) electrons. The van der Waals surface area contributed by atoms with Gasteiger partial charge >= 0.3 is 0 Å². The van der Waals surface area contributed by atoms with E-state index >= 15 is 0 Å². The van der Waals surface area contributed by atoms with Gasteiger partial charge in [-0.2, -0.15) is 5.10 Å². The zero-order valence-corrected chi connectivity index (χ0v) is 18.6. The van der Waals surface area contributed by atoms with Crippen molar-refractivity contribution in [2.75, 3.05) is 12.3 Å². The fraction of sp³-hybridized carbons (Fsp3) is 0.476. The van der Waals surface area contributed by atoms with Crippen LogP contribution in [0.1, 0.15) is 72.8 Å². The van der Waals surface area contributed by atoms with Crippen molar-refractivity contribution in [1.29, 1.82) is 0 Å². The number of halogens is 1. The Morgan fingerprint density at radius 2 is 2.00 bits per heavy atom. The Morgan fingerprint density at radius 3 is 2.66 bits per heavy atom. The van der Waals surface area contributed by atoms with Gasteiger partial charge in [-0.25, -0.2) is 10.4 Å². The summed E-state index contributed by atoms with van der Waals surface area (Å²) in [4.78, 5) is 16.6. The quantitative estimate of drug-likeness (QED) is 0.258. The predicted molar refractivity (Wildman–Crippen MR) is 121 cm³/mol. The maximum atomic E-state index is 12.1. The van der Waals surface area contributed by atoms with Crippen molar-refractivity contribution in [2.45, 2.75) is 58.8 Å². The molecule has 0 aliphatic heterocycles. The number of aromatic nitrogens is 1. The van der Waals surface area contributed by atoms with Crippen molar-refractivity contribution >= 4 is 40.2 Å². The van der Waals surface area contributed by atoms with E-state index in [0.717, 1.165) is 23.5 Å². The lowest BCUT2D eigenvalue weighted by atomic mass is 10.1. The molecule has 3 N–H and O–H groups in total. The Labute approximate surface area is 181 Å². The molecular formula is C21H29ClN4O2S. The van der Waals surface area contributed by atoms with Gasteiger partial charge in [0.05, 0.1) is 23.5 Å². The number of hydrazone groups is 1. The molecule has 0 spiro atoms. The van der Waals surface area contributed by atoms with E-state index in [1.807, 2.05) is 12.1 Å². The number of nitrogens with one attached hydrogen (secondary N) is 1. The van der Waals surface area contributed by atoms with Crippen LogP contribution >= 0.6 is 22.9 Å². The van der Waals surface area contributed by atoms with Gasteiger partial charge in [-0.05, 0) is 31.5 Å². The van der Waals surface area contributed by atoms with Crippen LogP contribution in [0.5, 0.6) is 5.75 Å². The number of hydrogen-bond donors (Lipinski definition) is 2. The number of aryl methyl sites for hydroxylation is 1. The molecule has 1 aromatic carbocycles. The third-order valence-corrected chi connectivity index (χ3v) is 5.69. The molecule has 0 aliphatic carbocycles. The number of carbonyl (C=O) groups is 1. The predicted octanol–water partition coefficient (Wildman–Crippen LogP) is 5.58. The molecule has 6 nitrogen and oxygen atoms in total. The van der Waals surface area contributed by atoms with E-state index in [1.165, 1.54) is 44.7 Å². The fourth-order valence-corrected chi connectivity index (χ4v) is 3.73. The summed E-state index contributed by atoms with van der Waals surface area (Å²) in [6.07, 6.45) is 10.2. The van der Waals surface area contributed by atoms with Crippen LogP contribution in [0.4, 0.5) is 5.13 Å². The molecule has 29 heavy (non-hydrogen) atoms. The lowest BCUT2D eigenvalue weighted by Crippen LogP contribution is -2.17. The van der Waals surface area contributed by atoms with Crippen LogP contribution in [-0.4, -0.2) is 23.7 Å². The molecule has 0 bridgehead atoms. The highest BCUT2D eigenvalue weighted by Crippen LogP contribution is 2.22. The Balaban J connectivity index is 1.75. The van der Waals surface area contributed by atoms with Crippen LogP contribution in [-0.2, 0) is 0 Å². The van der Waals surface area contributed by atoms with Crippen LogP contribution in [0.2, 0.25) is 5.02 Å². The molecule has 8 heteroatoms. The van der Waals surface area contributed by atoms with Gasteiger partial charge < -0.3 is 10.5 Å². The Kier molecular flexibility index (Phi) is 9.94. The van der Waals surface area contributed by atoms with Gasteiger partial charge in [-0.15, -0.1) is 0 Å². The van der Waals surface area contributed by atoms with Gasteiger partial charge in [0.15, 0.2) is 5.13 Å². The smallest absolute Gasteiger partial charge is 0.283 e. The zero-order chi connectivity index (χ0) is 21.1. The molecule has 0 unspecified atom stereocenters. The number of nitrogens with zero attached hydrogens (tertiary/aromatic N) is 2. The number of unbranched alkanes of at least 4 members (excludes halogenated alkanes) is 6. The monoisotopic (exact) mass is 436 g/mol. The highest BCUT2D eigenvalue weighted by Gasteiger charge is 2.13. The summed E-state index contributed by atoms with van der Waals surface area (Å²) >= 11 is 7.42. The molecule has 1 heterocycles. The molecule has 158 valence electrons. The number of nitrogens with two attached hydrogens (primary N) is 1. The second kappa shape index (κ2) is 12.4. The summed E-state index contributed by atoms with van der Waals surface area (Å²) in [6, 6.07) is 5.43. The zero-order valence-electron chi connectivity index (χ0n) is 17.0. The van der Waals surface area contributed by atoms with Crippen LogP contribution in [0.25, 0.3) is 0 Å². The number of rotatable bonds is 12. The molecule has 0 saturated heterocycles. The largest absolute Gasteiger partial charge is 0.494 e. The molecule has 0 saturated carbocycles. The van der Waals surface area contributed by atoms with Gasteiger partial charge in [0.25, 0.3) is 5.91 Å². The van der Waals surface area contributed by atoms with Crippen molar-refractivity contribution in [3.63, 3.8) is 0 Å². The first-order chi connectivity index (χ1) is 14.0. The third kappa shape index (κ3) is 8.03. The molecule has 1 aromatic heterocycles. The SMILES string of the molecule is CCCCCCCCCOc1ccc(/C=N\NC(=O)c2sc(N)nc2C)c(Cl)c1. The summed E-state index contributed by atoms with van der Waals surface area (Å²) in [7, 11) is 0. The number of carbonyl (C=O) groups excluding carboxylic acids is 1. The summed E-state index contributed by atoms with van der Waals surface area (Å²) in [6.45, 7) is 4.64. The maximum absolute atomic E-state index is 12.1. The van der Waals surface area contributed by atoms with Gasteiger partial charge in [-0.1, -0.05) is 68.4 Å². The molecular weight excluding hydrogens is 408 g/mol. The first-order valence-electron chi connectivity index (χ1n) is 10.00. The average molecular weight is 437 g/mol. The number of anilines is 1.